The summed E-state index contributed by atoms with van der Waals surface area (Å²) < 4.78 is 0. The van der Waals surface area contributed by atoms with Gasteiger partial charge in [-0.1, -0.05) is 60.2 Å². The maximum absolute atomic E-state index is 13.0. The number of hydroxylamine groups is 2. The van der Waals surface area contributed by atoms with Crippen molar-refractivity contribution in [2.75, 3.05) is 6.54 Å². The van der Waals surface area contributed by atoms with Crippen LogP contribution in [0.3, 0.4) is 0 Å². The van der Waals surface area contributed by atoms with Crippen molar-refractivity contribution in [1.82, 2.24) is 14.9 Å². The highest BCUT2D eigenvalue weighted by Crippen LogP contribution is 2.35. The summed E-state index contributed by atoms with van der Waals surface area (Å²) in [6, 6.07) is 12.3. The highest BCUT2D eigenvalue weighted by atomic mass is 35.5. The normalized spacial score (nSPS) is 22.9. The van der Waals surface area contributed by atoms with E-state index >= 15 is 0 Å². The van der Waals surface area contributed by atoms with Crippen molar-refractivity contribution in [3.05, 3.63) is 88.9 Å². The number of nitrogens with zero attached hydrogens (tertiary/aromatic N) is 3. The van der Waals surface area contributed by atoms with Crippen LogP contribution in [-0.4, -0.2) is 38.6 Å². The lowest BCUT2D eigenvalue weighted by atomic mass is 9.93. The maximum Gasteiger partial charge on any atom is 0.202 e. The Labute approximate surface area is 156 Å². The minimum Gasteiger partial charge on any atom is -0.347 e. The lowest BCUT2D eigenvalue weighted by Gasteiger charge is -2.47. The van der Waals surface area contributed by atoms with Crippen LogP contribution in [0.5, 0.6) is 0 Å². The third-order valence-corrected chi connectivity index (χ3v) is 4.98. The number of benzene rings is 1. The van der Waals surface area contributed by atoms with E-state index in [9.17, 15) is 10.0 Å². The third-order valence-electron chi connectivity index (χ3n) is 4.75. The number of allylic oxidation sites excluding steroid dienone is 2. The zero-order valence-corrected chi connectivity index (χ0v) is 14.8. The van der Waals surface area contributed by atoms with Crippen molar-refractivity contribution < 1.29 is 10.0 Å². The van der Waals surface area contributed by atoms with E-state index in [0.29, 0.717) is 23.8 Å². The third kappa shape index (κ3) is 3.05. The molecule has 1 aromatic carbocycles. The van der Waals surface area contributed by atoms with Crippen LogP contribution in [-0.2, 0) is 11.2 Å². The number of halogens is 1. The summed E-state index contributed by atoms with van der Waals surface area (Å²) in [5.74, 6) is -0.103. The van der Waals surface area contributed by atoms with Gasteiger partial charge in [0.25, 0.3) is 0 Å². The van der Waals surface area contributed by atoms with Crippen LogP contribution in [0.2, 0.25) is 5.15 Å². The first-order valence-corrected chi connectivity index (χ1v) is 8.83. The molecular weight excluding hydrogens is 350 g/mol. The number of pyridine rings is 1. The van der Waals surface area contributed by atoms with Crippen LogP contribution >= 0.6 is 11.6 Å². The summed E-state index contributed by atoms with van der Waals surface area (Å²) in [4.78, 5) is 19.1. The van der Waals surface area contributed by atoms with Crippen LogP contribution < -0.4 is 0 Å². The highest BCUT2D eigenvalue weighted by molar-refractivity contribution is 6.29. The molecule has 0 amide bonds. The molecule has 26 heavy (non-hydrogen) atoms. The molecule has 0 bridgehead atoms. The minimum absolute atomic E-state index is 0.103. The van der Waals surface area contributed by atoms with Crippen molar-refractivity contribution in [2.45, 2.75) is 18.6 Å². The van der Waals surface area contributed by atoms with Gasteiger partial charge in [0, 0.05) is 19.2 Å². The summed E-state index contributed by atoms with van der Waals surface area (Å²) in [7, 11) is 0. The molecule has 1 fully saturated rings. The minimum atomic E-state index is -0.726. The Morgan fingerprint density at radius 3 is 2.73 bits per heavy atom. The van der Waals surface area contributed by atoms with Crippen LogP contribution in [0, 0.1) is 0 Å². The molecule has 0 saturated carbocycles. The molecule has 2 aliphatic heterocycles. The Balaban J connectivity index is 1.72. The molecule has 132 valence electrons. The van der Waals surface area contributed by atoms with E-state index in [4.69, 9.17) is 11.6 Å². The first kappa shape index (κ1) is 17.0. The number of aromatic nitrogens is 1. The monoisotopic (exact) mass is 367 g/mol. The summed E-state index contributed by atoms with van der Waals surface area (Å²) in [6.07, 6.45) is 7.52. The van der Waals surface area contributed by atoms with E-state index < -0.39 is 6.04 Å². The topological polar surface area (TPSA) is 56.7 Å². The molecule has 3 heterocycles. The van der Waals surface area contributed by atoms with Crippen molar-refractivity contribution in [2.24, 2.45) is 0 Å². The SMILES string of the molecule is O=C1C2=CC=CCN2C(Cc2ccc(Cl)nc2)N(O)C1c1ccccc1. The average molecular weight is 368 g/mol. The number of ketones is 1. The Morgan fingerprint density at radius 2 is 2.00 bits per heavy atom. The van der Waals surface area contributed by atoms with E-state index in [1.54, 1.807) is 12.3 Å². The molecule has 5 nitrogen and oxygen atoms in total. The van der Waals surface area contributed by atoms with Crippen LogP contribution in [0.25, 0.3) is 0 Å². The quantitative estimate of drug-likeness (QED) is 0.843. The molecule has 1 saturated heterocycles. The molecule has 0 radical (unpaired) electrons. The molecule has 0 spiro atoms. The number of carbonyl (C=O) groups is 1. The number of carbonyl (C=O) groups excluding carboxylic acids is 1. The van der Waals surface area contributed by atoms with Gasteiger partial charge in [-0.05, 0) is 23.3 Å². The fourth-order valence-corrected chi connectivity index (χ4v) is 3.60. The second-order valence-electron chi connectivity index (χ2n) is 6.36. The predicted octanol–water partition coefficient (Wildman–Crippen LogP) is 3.37. The fourth-order valence-electron chi connectivity index (χ4n) is 3.49. The maximum atomic E-state index is 13.0. The zero-order chi connectivity index (χ0) is 18.1. The zero-order valence-electron chi connectivity index (χ0n) is 14.0. The average Bonchev–Trinajstić information content (AvgIpc) is 2.68. The molecule has 1 N–H and O–H groups in total. The molecular formula is C20H18ClN3O2. The van der Waals surface area contributed by atoms with Crippen LogP contribution in [0.4, 0.5) is 0 Å². The van der Waals surface area contributed by atoms with Crippen molar-refractivity contribution in [3.63, 3.8) is 0 Å². The number of Topliss-reactive ketones (excluding diaryl/α,β-unsaturated/α-hetero) is 1. The highest BCUT2D eigenvalue weighted by Gasteiger charge is 2.44. The first-order chi connectivity index (χ1) is 12.6. The number of rotatable bonds is 3. The van der Waals surface area contributed by atoms with Crippen LogP contribution in [0.1, 0.15) is 17.2 Å². The Hall–Kier alpha value is -2.47. The van der Waals surface area contributed by atoms with E-state index in [1.165, 1.54) is 5.06 Å². The molecule has 2 aromatic rings. The van der Waals surface area contributed by atoms with Gasteiger partial charge in [-0.2, -0.15) is 5.06 Å². The Kier molecular flexibility index (Phi) is 4.59. The van der Waals surface area contributed by atoms with E-state index in [1.807, 2.05) is 59.5 Å². The molecule has 6 heteroatoms. The second-order valence-corrected chi connectivity index (χ2v) is 6.75. The Morgan fingerprint density at radius 1 is 1.19 bits per heavy atom. The second kappa shape index (κ2) is 7.03. The lowest BCUT2D eigenvalue weighted by molar-refractivity contribution is -0.209. The summed E-state index contributed by atoms with van der Waals surface area (Å²) in [5.41, 5.74) is 2.33. The summed E-state index contributed by atoms with van der Waals surface area (Å²) >= 11 is 5.87. The first-order valence-electron chi connectivity index (χ1n) is 8.45. The Bertz CT molecular complexity index is 864. The van der Waals surface area contributed by atoms with Crippen LogP contribution in [0.15, 0.2) is 72.6 Å². The van der Waals surface area contributed by atoms with Gasteiger partial charge < -0.3 is 10.1 Å². The molecule has 0 aliphatic carbocycles. The summed E-state index contributed by atoms with van der Waals surface area (Å²) in [6.45, 7) is 0.571. The van der Waals surface area contributed by atoms with Gasteiger partial charge in [0.2, 0.25) is 5.78 Å². The summed E-state index contributed by atoms with van der Waals surface area (Å²) in [5, 5.41) is 12.6. The van der Waals surface area contributed by atoms with E-state index in [0.717, 1.165) is 11.1 Å². The smallest absolute Gasteiger partial charge is 0.202 e. The van der Waals surface area contributed by atoms with E-state index in [-0.39, 0.29) is 11.9 Å². The van der Waals surface area contributed by atoms with Crippen molar-refractivity contribution in [3.8, 4) is 0 Å². The number of fused-ring (bicyclic) bond motifs is 1. The molecule has 2 aliphatic rings. The fraction of sp³-hybridized carbons (Fsp3) is 0.200. The van der Waals surface area contributed by atoms with Gasteiger partial charge in [0.15, 0.2) is 0 Å². The molecule has 4 rings (SSSR count). The van der Waals surface area contributed by atoms with Gasteiger partial charge in [-0.3, -0.25) is 4.79 Å². The van der Waals surface area contributed by atoms with E-state index in [2.05, 4.69) is 4.98 Å². The number of hydrogen-bond donors (Lipinski definition) is 1. The van der Waals surface area contributed by atoms with Gasteiger partial charge in [-0.15, -0.1) is 0 Å². The van der Waals surface area contributed by atoms with Gasteiger partial charge in [0.1, 0.15) is 17.4 Å². The molecule has 2 atom stereocenters. The predicted molar refractivity (Wildman–Crippen MR) is 98.5 cm³/mol. The van der Waals surface area contributed by atoms with Crippen molar-refractivity contribution in [1.29, 1.82) is 0 Å². The largest absolute Gasteiger partial charge is 0.347 e. The van der Waals surface area contributed by atoms with Crippen molar-refractivity contribution >= 4 is 17.4 Å². The standard InChI is InChI=1S/C20H18ClN3O2/c21-17-10-9-14(13-22-17)12-18-23-11-5-4-8-16(23)20(25)19(24(18)26)15-6-2-1-3-7-15/h1-10,13,18-19,26H,11-12H2. The lowest BCUT2D eigenvalue weighted by Crippen LogP contribution is -2.57. The van der Waals surface area contributed by atoms with Gasteiger partial charge in [0.05, 0.1) is 5.70 Å². The molecule has 1 aromatic heterocycles. The van der Waals surface area contributed by atoms with Gasteiger partial charge >= 0.3 is 0 Å². The van der Waals surface area contributed by atoms with Gasteiger partial charge in [-0.25, -0.2) is 4.98 Å². The molecule has 2 unspecified atom stereocenters. The number of hydrogen-bond acceptors (Lipinski definition) is 5.